The molecule has 3 N–H and O–H groups in total. The second kappa shape index (κ2) is 6.57. The molecule has 0 amide bonds. The average Bonchev–Trinajstić information content (AvgIpc) is 2.30. The number of benzene rings is 1. The first-order valence-corrected chi connectivity index (χ1v) is 6.23. The lowest BCUT2D eigenvalue weighted by molar-refractivity contribution is 0.264. The fraction of sp³-hybridized carbons (Fsp3) is 0.462. The summed E-state index contributed by atoms with van der Waals surface area (Å²) in [7, 11) is 0. The van der Waals surface area contributed by atoms with Crippen molar-refractivity contribution in [1.82, 2.24) is 4.90 Å². The molecule has 1 aromatic carbocycles. The van der Waals surface area contributed by atoms with Gasteiger partial charge in [0.1, 0.15) is 5.75 Å². The van der Waals surface area contributed by atoms with Gasteiger partial charge in [-0.15, -0.1) is 0 Å². The Kier molecular flexibility index (Phi) is 5.38. The third-order valence-corrected chi connectivity index (χ3v) is 3.21. The molecule has 0 saturated carbocycles. The predicted molar refractivity (Wildman–Crippen MR) is 75.0 cm³/mol. The van der Waals surface area contributed by atoms with Crippen molar-refractivity contribution in [1.29, 1.82) is 0 Å². The number of thiocarbonyl (C=S) groups is 1. The largest absolute Gasteiger partial charge is 0.508 e. The monoisotopic (exact) mass is 252 g/mol. The van der Waals surface area contributed by atoms with Crippen LogP contribution in [0.3, 0.4) is 0 Å². The molecule has 0 aliphatic carbocycles. The summed E-state index contributed by atoms with van der Waals surface area (Å²) < 4.78 is 0. The lowest BCUT2D eigenvalue weighted by Gasteiger charge is -2.23. The Morgan fingerprint density at radius 1 is 1.41 bits per heavy atom. The van der Waals surface area contributed by atoms with E-state index in [1.807, 2.05) is 19.1 Å². The zero-order chi connectivity index (χ0) is 12.8. The van der Waals surface area contributed by atoms with Crippen molar-refractivity contribution in [3.63, 3.8) is 0 Å². The molecule has 3 nitrogen and oxygen atoms in total. The first kappa shape index (κ1) is 13.9. The van der Waals surface area contributed by atoms with Gasteiger partial charge in [0.2, 0.25) is 0 Å². The van der Waals surface area contributed by atoms with Gasteiger partial charge in [-0.05, 0) is 24.2 Å². The number of hydrogen-bond acceptors (Lipinski definition) is 3. The van der Waals surface area contributed by atoms with Crippen LogP contribution in [-0.4, -0.2) is 28.1 Å². The predicted octanol–water partition coefficient (Wildman–Crippen LogP) is 2.14. The van der Waals surface area contributed by atoms with Gasteiger partial charge in [-0.2, -0.15) is 0 Å². The van der Waals surface area contributed by atoms with Crippen LogP contribution in [0, 0.1) is 5.92 Å². The molecule has 0 bridgehead atoms. The molecule has 0 fully saturated rings. The van der Waals surface area contributed by atoms with Gasteiger partial charge in [-0.1, -0.05) is 38.2 Å². The molecule has 17 heavy (non-hydrogen) atoms. The molecule has 0 aromatic heterocycles. The smallest absolute Gasteiger partial charge is 0.115 e. The molecule has 1 aromatic rings. The number of nitrogens with zero attached hydrogens (tertiary/aromatic N) is 1. The zero-order valence-electron chi connectivity index (χ0n) is 10.4. The minimum Gasteiger partial charge on any atom is -0.508 e. The van der Waals surface area contributed by atoms with Crippen molar-refractivity contribution < 1.29 is 5.11 Å². The van der Waals surface area contributed by atoms with Crippen molar-refractivity contribution in [2.24, 2.45) is 11.7 Å². The maximum Gasteiger partial charge on any atom is 0.115 e. The Hall–Kier alpha value is -1.13. The van der Waals surface area contributed by atoms with Gasteiger partial charge in [-0.25, -0.2) is 0 Å². The van der Waals surface area contributed by atoms with Gasteiger partial charge >= 0.3 is 0 Å². The highest BCUT2D eigenvalue weighted by Gasteiger charge is 2.11. The topological polar surface area (TPSA) is 49.5 Å². The normalized spacial score (nSPS) is 12.6. The Morgan fingerprint density at radius 3 is 2.47 bits per heavy atom. The molecular formula is C13H20N2OS. The van der Waals surface area contributed by atoms with E-state index in [2.05, 4.69) is 11.8 Å². The minimum atomic E-state index is 0.224. The quantitative estimate of drug-likeness (QED) is 0.762. The van der Waals surface area contributed by atoms with Gasteiger partial charge in [0.05, 0.1) is 4.99 Å². The van der Waals surface area contributed by atoms with Gasteiger partial charge < -0.3 is 10.8 Å². The summed E-state index contributed by atoms with van der Waals surface area (Å²) in [5.41, 5.74) is 6.80. The molecule has 0 saturated heterocycles. The van der Waals surface area contributed by atoms with Crippen LogP contribution < -0.4 is 5.73 Å². The lowest BCUT2D eigenvalue weighted by atomic mass is 10.1. The molecule has 4 heteroatoms. The van der Waals surface area contributed by atoms with Crippen LogP contribution in [0.15, 0.2) is 24.3 Å². The van der Waals surface area contributed by atoms with Crippen molar-refractivity contribution in [2.45, 2.75) is 20.4 Å². The summed E-state index contributed by atoms with van der Waals surface area (Å²) in [4.78, 5) is 2.85. The standard InChI is InChI=1S/C13H20N2OS/c1-3-15(8-10(2)13(14)17)9-11-4-6-12(16)7-5-11/h4-7,10,16H,3,8-9H2,1-2H3,(H2,14,17). The maximum atomic E-state index is 9.22. The van der Waals surface area contributed by atoms with Crippen molar-refractivity contribution in [3.8, 4) is 5.75 Å². The number of aromatic hydroxyl groups is 1. The molecule has 1 unspecified atom stereocenters. The number of phenolic OH excluding ortho intramolecular Hbond substituents is 1. The molecule has 0 heterocycles. The van der Waals surface area contributed by atoms with Gasteiger partial charge in [0.15, 0.2) is 0 Å². The lowest BCUT2D eigenvalue weighted by Crippen LogP contribution is -2.33. The third kappa shape index (κ3) is 4.71. The third-order valence-electron chi connectivity index (χ3n) is 2.81. The Morgan fingerprint density at radius 2 is 2.00 bits per heavy atom. The van der Waals surface area contributed by atoms with E-state index in [1.165, 1.54) is 5.56 Å². The molecular weight excluding hydrogens is 232 g/mol. The van der Waals surface area contributed by atoms with Crippen LogP contribution in [0.25, 0.3) is 0 Å². The SMILES string of the molecule is CCN(Cc1ccc(O)cc1)CC(C)C(N)=S. The molecule has 1 rings (SSSR count). The highest BCUT2D eigenvalue weighted by Crippen LogP contribution is 2.12. The van der Waals surface area contributed by atoms with Crippen LogP contribution in [0.2, 0.25) is 0 Å². The Bertz CT molecular complexity index is 364. The number of hydrogen-bond donors (Lipinski definition) is 2. The van der Waals surface area contributed by atoms with E-state index in [-0.39, 0.29) is 5.92 Å². The number of phenols is 1. The van der Waals surface area contributed by atoms with Crippen LogP contribution in [0.5, 0.6) is 5.75 Å². The minimum absolute atomic E-state index is 0.224. The summed E-state index contributed by atoms with van der Waals surface area (Å²) in [6.07, 6.45) is 0. The molecule has 0 radical (unpaired) electrons. The first-order chi connectivity index (χ1) is 8.02. The fourth-order valence-electron chi connectivity index (χ4n) is 1.64. The molecule has 0 aliphatic heterocycles. The van der Waals surface area contributed by atoms with Crippen LogP contribution >= 0.6 is 12.2 Å². The first-order valence-electron chi connectivity index (χ1n) is 5.82. The Balaban J connectivity index is 2.57. The van der Waals surface area contributed by atoms with Gasteiger partial charge in [0.25, 0.3) is 0 Å². The highest BCUT2D eigenvalue weighted by molar-refractivity contribution is 7.80. The van der Waals surface area contributed by atoms with Crippen LogP contribution in [0.4, 0.5) is 0 Å². The van der Waals surface area contributed by atoms with E-state index in [9.17, 15) is 5.11 Å². The zero-order valence-corrected chi connectivity index (χ0v) is 11.2. The second-order valence-corrected chi connectivity index (χ2v) is 4.77. The van der Waals surface area contributed by atoms with E-state index in [1.54, 1.807) is 12.1 Å². The van der Waals surface area contributed by atoms with Gasteiger partial charge in [0, 0.05) is 19.0 Å². The average molecular weight is 252 g/mol. The van der Waals surface area contributed by atoms with Crippen LogP contribution in [-0.2, 0) is 6.54 Å². The highest BCUT2D eigenvalue weighted by atomic mass is 32.1. The van der Waals surface area contributed by atoms with E-state index in [4.69, 9.17) is 18.0 Å². The summed E-state index contributed by atoms with van der Waals surface area (Å²) in [6.45, 7) is 6.83. The van der Waals surface area contributed by atoms with Crippen molar-refractivity contribution >= 4 is 17.2 Å². The molecule has 0 aliphatic rings. The van der Waals surface area contributed by atoms with E-state index in [0.717, 1.165) is 19.6 Å². The van der Waals surface area contributed by atoms with Crippen molar-refractivity contribution in [2.75, 3.05) is 13.1 Å². The molecule has 0 spiro atoms. The summed E-state index contributed by atoms with van der Waals surface area (Å²) in [6, 6.07) is 7.28. The molecule has 94 valence electrons. The summed E-state index contributed by atoms with van der Waals surface area (Å²) >= 11 is 4.98. The molecule has 1 atom stereocenters. The van der Waals surface area contributed by atoms with E-state index < -0.39 is 0 Å². The number of nitrogens with two attached hydrogens (primary N) is 1. The van der Waals surface area contributed by atoms with E-state index >= 15 is 0 Å². The van der Waals surface area contributed by atoms with Gasteiger partial charge in [-0.3, -0.25) is 4.90 Å². The number of rotatable bonds is 6. The Labute approximate surface area is 108 Å². The second-order valence-electron chi connectivity index (χ2n) is 4.30. The maximum absolute atomic E-state index is 9.22. The fourth-order valence-corrected chi connectivity index (χ4v) is 1.72. The van der Waals surface area contributed by atoms with Crippen LogP contribution in [0.1, 0.15) is 19.4 Å². The van der Waals surface area contributed by atoms with Crippen molar-refractivity contribution in [3.05, 3.63) is 29.8 Å². The summed E-state index contributed by atoms with van der Waals surface area (Å²) in [5, 5.41) is 9.22. The summed E-state index contributed by atoms with van der Waals surface area (Å²) in [5.74, 6) is 0.523. The van der Waals surface area contributed by atoms with E-state index in [0.29, 0.717) is 10.7 Å².